The van der Waals surface area contributed by atoms with E-state index in [9.17, 15) is 9.59 Å². The maximum atomic E-state index is 12.1. The standard InChI is InChI=1S/C59H68O2S9/c1-6-10-14-18-22-40-34-44(38-60)63-56(40)49-30-26-45(64-49)46-27-31-50(65-46)57-41(23-19-15-11-7-2)35-53(68-57)54-36-42(24-20-16-12-8-3)58(69-54)51-32-28-47(66-51)48-29-33-52(67-48)59-43(25-21-17-13-9-4)37-55(70-59)62-39(5)61/h26-38H,6-25H2,1-5H3. The van der Waals surface area contributed by atoms with Crippen molar-refractivity contribution in [1.29, 1.82) is 0 Å². The highest BCUT2D eigenvalue weighted by atomic mass is 32.2. The number of aldehydes is 1. The molecule has 8 aromatic heterocycles. The second-order valence-corrected chi connectivity index (χ2v) is 28.5. The van der Waals surface area contributed by atoms with Gasteiger partial charge < -0.3 is 0 Å². The van der Waals surface area contributed by atoms with Crippen LogP contribution in [0.1, 0.15) is 169 Å². The van der Waals surface area contributed by atoms with E-state index >= 15 is 0 Å². The first-order valence-corrected chi connectivity index (χ1v) is 33.2. The molecule has 0 aromatic carbocycles. The van der Waals surface area contributed by atoms with Crippen LogP contribution in [0.25, 0.3) is 68.3 Å². The molecule has 0 radical (unpaired) electrons. The van der Waals surface area contributed by atoms with Gasteiger partial charge in [-0.2, -0.15) is 0 Å². The first-order chi connectivity index (χ1) is 34.3. The van der Waals surface area contributed by atoms with E-state index in [1.54, 1.807) is 29.6 Å². The molecule has 8 rings (SSSR count). The second kappa shape index (κ2) is 27.0. The topological polar surface area (TPSA) is 34.1 Å². The highest BCUT2D eigenvalue weighted by molar-refractivity contribution is 8.15. The van der Waals surface area contributed by atoms with E-state index in [-0.39, 0.29) is 5.12 Å². The molecule has 0 unspecified atom stereocenters. The van der Waals surface area contributed by atoms with E-state index in [1.165, 1.54) is 205 Å². The molecule has 0 N–H and O–H groups in total. The van der Waals surface area contributed by atoms with Gasteiger partial charge in [0.15, 0.2) is 11.4 Å². The normalized spacial score (nSPS) is 11.7. The summed E-state index contributed by atoms with van der Waals surface area (Å²) in [5, 5.41) is 0.154. The van der Waals surface area contributed by atoms with E-state index in [0.717, 1.165) is 41.1 Å². The maximum absolute atomic E-state index is 12.1. The Morgan fingerprint density at radius 3 is 1.07 bits per heavy atom. The number of carbonyl (C=O) groups excluding carboxylic acids is 2. The minimum absolute atomic E-state index is 0.154. The average Bonchev–Trinajstić information content (AvgIpc) is 4.20. The fraction of sp³-hybridized carbons (Fsp3) is 0.424. The number of unbranched alkanes of at least 4 members (excludes halogenated alkanes) is 12. The number of carbonyl (C=O) groups is 2. The highest BCUT2D eigenvalue weighted by Crippen LogP contribution is 2.51. The van der Waals surface area contributed by atoms with Crippen LogP contribution in [0.2, 0.25) is 0 Å². The third kappa shape index (κ3) is 13.9. The van der Waals surface area contributed by atoms with Crippen molar-refractivity contribution in [2.24, 2.45) is 0 Å². The molecule has 8 aromatic rings. The molecule has 0 atom stereocenters. The molecule has 0 saturated heterocycles. The molecule has 0 amide bonds. The minimum Gasteiger partial charge on any atom is -0.297 e. The van der Waals surface area contributed by atoms with Gasteiger partial charge in [0, 0.05) is 75.2 Å². The summed E-state index contributed by atoms with van der Waals surface area (Å²) in [6.45, 7) is 10.8. The van der Waals surface area contributed by atoms with E-state index in [4.69, 9.17) is 0 Å². The maximum Gasteiger partial charge on any atom is 0.191 e. The predicted octanol–water partition coefficient (Wildman–Crippen LogP) is 22.8. The van der Waals surface area contributed by atoms with E-state index < -0.39 is 0 Å². The molecule has 0 fully saturated rings. The van der Waals surface area contributed by atoms with Gasteiger partial charge in [0.2, 0.25) is 0 Å². The Morgan fingerprint density at radius 2 is 0.714 bits per heavy atom. The Balaban J connectivity index is 1.07. The van der Waals surface area contributed by atoms with Crippen LogP contribution in [-0.4, -0.2) is 11.4 Å². The number of hydrogen-bond acceptors (Lipinski definition) is 11. The molecule has 2 nitrogen and oxygen atoms in total. The summed E-state index contributed by atoms with van der Waals surface area (Å²) in [5.41, 5.74) is 5.72. The van der Waals surface area contributed by atoms with Crippen LogP contribution in [0.15, 0.2) is 77.0 Å². The van der Waals surface area contributed by atoms with Crippen LogP contribution in [0, 0.1) is 0 Å². The molecular weight excluding hydrogens is 1030 g/mol. The zero-order valence-electron chi connectivity index (χ0n) is 41.6. The van der Waals surface area contributed by atoms with Crippen LogP contribution in [0.3, 0.4) is 0 Å². The largest absolute Gasteiger partial charge is 0.297 e. The van der Waals surface area contributed by atoms with Crippen molar-refractivity contribution in [3.05, 3.63) is 99.9 Å². The number of thiophene rings is 8. The van der Waals surface area contributed by atoms with Gasteiger partial charge in [-0.15, -0.1) is 90.7 Å². The van der Waals surface area contributed by atoms with Gasteiger partial charge in [-0.05, 0) is 158 Å². The lowest BCUT2D eigenvalue weighted by molar-refractivity contribution is -0.109. The SMILES string of the molecule is CCCCCCc1cc(C=O)sc1-c1ccc(-c2ccc(-c3sc(-c4cc(CCCCCC)c(-c5ccc(-c6ccc(-c7sc(SC(C)=O)cc7CCCCCC)s6)s5)s4)cc3CCCCCC)s2)s1. The molecule has 8 heterocycles. The molecule has 370 valence electrons. The van der Waals surface area contributed by atoms with Crippen molar-refractivity contribution in [3.8, 4) is 68.3 Å². The number of rotatable bonds is 29. The summed E-state index contributed by atoms with van der Waals surface area (Å²) in [7, 11) is 0. The summed E-state index contributed by atoms with van der Waals surface area (Å²) < 4.78 is 1.11. The predicted molar refractivity (Wildman–Crippen MR) is 321 cm³/mol. The lowest BCUT2D eigenvalue weighted by atomic mass is 10.0. The van der Waals surface area contributed by atoms with Crippen LogP contribution in [-0.2, 0) is 30.5 Å². The zero-order chi connectivity index (χ0) is 48.8. The van der Waals surface area contributed by atoms with Gasteiger partial charge in [0.25, 0.3) is 0 Å². The third-order valence-corrected chi connectivity index (χ3v) is 24.0. The van der Waals surface area contributed by atoms with Gasteiger partial charge in [0.1, 0.15) is 0 Å². The summed E-state index contributed by atoms with van der Waals surface area (Å²) in [5.74, 6) is 0. The first kappa shape index (κ1) is 53.6. The van der Waals surface area contributed by atoms with Crippen molar-refractivity contribution in [2.45, 2.75) is 167 Å². The summed E-state index contributed by atoms with van der Waals surface area (Å²) >= 11 is 16.5. The Bertz CT molecular complexity index is 2890. The Morgan fingerprint density at radius 1 is 0.386 bits per heavy atom. The highest BCUT2D eigenvalue weighted by Gasteiger charge is 2.22. The van der Waals surface area contributed by atoms with Crippen LogP contribution in [0.5, 0.6) is 0 Å². The molecular formula is C59H68O2S9. The summed E-state index contributed by atoms with van der Waals surface area (Å²) in [6.07, 6.45) is 25.3. The molecule has 0 spiro atoms. The molecule has 0 aliphatic carbocycles. The van der Waals surface area contributed by atoms with Crippen molar-refractivity contribution in [3.63, 3.8) is 0 Å². The molecule has 0 aliphatic heterocycles. The van der Waals surface area contributed by atoms with Gasteiger partial charge in [-0.25, -0.2) is 0 Å². The monoisotopic (exact) mass is 1100 g/mol. The molecule has 0 saturated carbocycles. The van der Waals surface area contributed by atoms with Gasteiger partial charge in [-0.3, -0.25) is 9.59 Å². The molecule has 11 heteroatoms. The van der Waals surface area contributed by atoms with Gasteiger partial charge in [0.05, 0.1) is 9.09 Å². The van der Waals surface area contributed by atoms with Crippen LogP contribution >= 0.6 is 102 Å². The van der Waals surface area contributed by atoms with E-state index in [0.29, 0.717) is 0 Å². The van der Waals surface area contributed by atoms with Crippen molar-refractivity contribution < 1.29 is 9.59 Å². The minimum atomic E-state index is 0.154. The zero-order valence-corrected chi connectivity index (χ0v) is 49.0. The smallest absolute Gasteiger partial charge is 0.191 e. The van der Waals surface area contributed by atoms with Gasteiger partial charge >= 0.3 is 0 Å². The lowest BCUT2D eigenvalue weighted by Crippen LogP contribution is -1.85. The van der Waals surface area contributed by atoms with E-state index in [1.807, 2.05) is 68.0 Å². The second-order valence-electron chi connectivity index (χ2n) is 18.5. The molecule has 0 aliphatic rings. The number of aryl methyl sites for hydroxylation is 4. The fourth-order valence-electron chi connectivity index (χ4n) is 9.12. The van der Waals surface area contributed by atoms with E-state index in [2.05, 4.69) is 100 Å². The Kier molecular flexibility index (Phi) is 20.7. The Hall–Kier alpha value is -2.71. The molecule has 0 bridgehead atoms. The van der Waals surface area contributed by atoms with Crippen molar-refractivity contribution in [2.75, 3.05) is 0 Å². The fourth-order valence-corrected chi connectivity index (χ4v) is 19.6. The van der Waals surface area contributed by atoms with Gasteiger partial charge in [-0.1, -0.05) is 105 Å². The average molecular weight is 1100 g/mol. The number of hydrogen-bond donors (Lipinski definition) is 0. The Labute approximate surface area is 454 Å². The summed E-state index contributed by atoms with van der Waals surface area (Å²) in [4.78, 5) is 43.7. The van der Waals surface area contributed by atoms with Crippen LogP contribution in [0.4, 0.5) is 0 Å². The summed E-state index contributed by atoms with van der Waals surface area (Å²) in [6, 6.07) is 28.2. The first-order valence-electron chi connectivity index (χ1n) is 25.8. The quantitative estimate of drug-likeness (QED) is 0.0266. The third-order valence-electron chi connectivity index (χ3n) is 12.8. The number of thioether (sulfide) groups is 1. The lowest BCUT2D eigenvalue weighted by Gasteiger charge is -2.02. The van der Waals surface area contributed by atoms with Crippen LogP contribution < -0.4 is 0 Å². The van der Waals surface area contributed by atoms with Crippen molar-refractivity contribution >= 4 is 114 Å². The van der Waals surface area contributed by atoms with Crippen molar-refractivity contribution in [1.82, 2.24) is 0 Å². The molecule has 70 heavy (non-hydrogen) atoms.